The first-order chi connectivity index (χ1) is 6.83. The zero-order valence-corrected chi connectivity index (χ0v) is 8.50. The molecule has 1 fully saturated rings. The predicted molar refractivity (Wildman–Crippen MR) is 52.9 cm³/mol. The van der Waals surface area contributed by atoms with Crippen molar-refractivity contribution < 1.29 is 14.6 Å². The van der Waals surface area contributed by atoms with E-state index in [4.69, 9.17) is 9.84 Å². The van der Waals surface area contributed by atoms with E-state index < -0.39 is 0 Å². The van der Waals surface area contributed by atoms with Gasteiger partial charge in [0, 0.05) is 32.3 Å². The Hall–Kier alpha value is -0.610. The molecule has 1 rings (SSSR count). The number of hydrogen-bond donors (Lipinski definition) is 2. The van der Waals surface area contributed by atoms with E-state index in [2.05, 4.69) is 5.32 Å². The smallest absolute Gasteiger partial charge is 0.220 e. The predicted octanol–water partition coefficient (Wildman–Crippen LogP) is 0.444. The second-order valence-electron chi connectivity index (χ2n) is 3.63. The summed E-state index contributed by atoms with van der Waals surface area (Å²) in [6.07, 6.45) is 3.85. The second-order valence-corrected chi connectivity index (χ2v) is 3.63. The fraction of sp³-hybridized carbons (Fsp3) is 0.900. The van der Waals surface area contributed by atoms with Gasteiger partial charge in [0.25, 0.3) is 0 Å². The Bertz CT molecular complexity index is 167. The highest BCUT2D eigenvalue weighted by molar-refractivity contribution is 5.76. The molecule has 1 aliphatic rings. The van der Waals surface area contributed by atoms with Crippen molar-refractivity contribution in [1.82, 2.24) is 5.32 Å². The summed E-state index contributed by atoms with van der Waals surface area (Å²) in [6.45, 7) is 1.67. The number of ether oxygens (including phenoxy) is 1. The van der Waals surface area contributed by atoms with Crippen LogP contribution in [0.25, 0.3) is 0 Å². The molecule has 0 aromatic carbocycles. The standard InChI is InChI=1S/C10H19NO3/c12-6-2-1-3-10(13)11-9-4-7-14-8-5-9/h9,12H,1-8H2,(H,11,13). The van der Waals surface area contributed by atoms with Crippen molar-refractivity contribution in [3.8, 4) is 0 Å². The summed E-state index contributed by atoms with van der Waals surface area (Å²) in [5.41, 5.74) is 0. The molecule has 0 spiro atoms. The molecule has 4 heteroatoms. The van der Waals surface area contributed by atoms with Gasteiger partial charge < -0.3 is 15.2 Å². The second kappa shape index (κ2) is 6.79. The van der Waals surface area contributed by atoms with Crippen molar-refractivity contribution in [2.24, 2.45) is 0 Å². The topological polar surface area (TPSA) is 58.6 Å². The highest BCUT2D eigenvalue weighted by Gasteiger charge is 2.15. The zero-order chi connectivity index (χ0) is 10.2. The number of rotatable bonds is 5. The van der Waals surface area contributed by atoms with Gasteiger partial charge in [-0.2, -0.15) is 0 Å². The first-order valence-corrected chi connectivity index (χ1v) is 5.31. The molecule has 0 bridgehead atoms. The Morgan fingerprint density at radius 2 is 2.07 bits per heavy atom. The maximum Gasteiger partial charge on any atom is 0.220 e. The van der Waals surface area contributed by atoms with Gasteiger partial charge in [-0.15, -0.1) is 0 Å². The van der Waals surface area contributed by atoms with Crippen LogP contribution in [0, 0.1) is 0 Å². The van der Waals surface area contributed by atoms with E-state index in [0.29, 0.717) is 18.9 Å². The van der Waals surface area contributed by atoms with E-state index in [9.17, 15) is 4.79 Å². The number of aliphatic hydroxyl groups is 1. The van der Waals surface area contributed by atoms with E-state index >= 15 is 0 Å². The van der Waals surface area contributed by atoms with Crippen LogP contribution in [0.15, 0.2) is 0 Å². The van der Waals surface area contributed by atoms with Crippen molar-refractivity contribution in [1.29, 1.82) is 0 Å². The SMILES string of the molecule is O=C(CCCCO)NC1CCOCC1. The maximum absolute atomic E-state index is 11.4. The quantitative estimate of drug-likeness (QED) is 0.635. The molecule has 0 atom stereocenters. The molecule has 0 aromatic rings. The summed E-state index contributed by atoms with van der Waals surface area (Å²) in [6, 6.07) is 0.297. The van der Waals surface area contributed by atoms with Gasteiger partial charge in [0.2, 0.25) is 5.91 Å². The number of nitrogens with one attached hydrogen (secondary N) is 1. The molecule has 0 saturated carbocycles. The van der Waals surface area contributed by atoms with Crippen LogP contribution in [0.5, 0.6) is 0 Å². The van der Waals surface area contributed by atoms with Crippen molar-refractivity contribution in [3.05, 3.63) is 0 Å². The molecule has 14 heavy (non-hydrogen) atoms. The highest BCUT2D eigenvalue weighted by atomic mass is 16.5. The third kappa shape index (κ3) is 4.58. The van der Waals surface area contributed by atoms with Gasteiger partial charge in [0.15, 0.2) is 0 Å². The highest BCUT2D eigenvalue weighted by Crippen LogP contribution is 2.06. The van der Waals surface area contributed by atoms with E-state index in [1.165, 1.54) is 0 Å². The molecule has 1 saturated heterocycles. The van der Waals surface area contributed by atoms with E-state index in [1.807, 2.05) is 0 Å². The van der Waals surface area contributed by atoms with E-state index in [0.717, 1.165) is 32.5 Å². The fourth-order valence-electron chi connectivity index (χ4n) is 1.54. The molecule has 0 unspecified atom stereocenters. The summed E-state index contributed by atoms with van der Waals surface area (Å²) in [5, 5.41) is 11.5. The number of unbranched alkanes of at least 4 members (excludes halogenated alkanes) is 1. The minimum atomic E-state index is 0.102. The van der Waals surface area contributed by atoms with Gasteiger partial charge in [-0.05, 0) is 25.7 Å². The summed E-state index contributed by atoms with van der Waals surface area (Å²) >= 11 is 0. The van der Waals surface area contributed by atoms with Crippen molar-refractivity contribution >= 4 is 5.91 Å². The third-order valence-corrected chi connectivity index (χ3v) is 2.40. The largest absolute Gasteiger partial charge is 0.396 e. The molecule has 0 aliphatic carbocycles. The molecule has 4 nitrogen and oxygen atoms in total. The first-order valence-electron chi connectivity index (χ1n) is 5.31. The van der Waals surface area contributed by atoms with E-state index in [1.54, 1.807) is 0 Å². The fourth-order valence-corrected chi connectivity index (χ4v) is 1.54. The van der Waals surface area contributed by atoms with Gasteiger partial charge in [-0.3, -0.25) is 4.79 Å². The minimum absolute atomic E-state index is 0.102. The molecule has 1 aliphatic heterocycles. The number of carbonyl (C=O) groups excluding carboxylic acids is 1. The Labute approximate surface area is 84.6 Å². The Kier molecular flexibility index (Phi) is 5.56. The van der Waals surface area contributed by atoms with Gasteiger partial charge in [0.05, 0.1) is 0 Å². The lowest BCUT2D eigenvalue weighted by molar-refractivity contribution is -0.122. The molecule has 0 radical (unpaired) electrons. The zero-order valence-electron chi connectivity index (χ0n) is 8.50. The lowest BCUT2D eigenvalue weighted by atomic mass is 10.1. The van der Waals surface area contributed by atoms with Crippen LogP contribution < -0.4 is 5.32 Å². The Morgan fingerprint density at radius 3 is 2.71 bits per heavy atom. The number of hydrogen-bond acceptors (Lipinski definition) is 3. The summed E-state index contributed by atoms with van der Waals surface area (Å²) in [7, 11) is 0. The molecule has 2 N–H and O–H groups in total. The van der Waals surface area contributed by atoms with Crippen LogP contribution in [0.1, 0.15) is 32.1 Å². The molecule has 82 valence electrons. The Morgan fingerprint density at radius 1 is 1.36 bits per heavy atom. The first kappa shape index (κ1) is 11.5. The summed E-state index contributed by atoms with van der Waals surface area (Å²) in [4.78, 5) is 11.4. The number of aliphatic hydroxyl groups excluding tert-OH is 1. The van der Waals surface area contributed by atoms with Gasteiger partial charge >= 0.3 is 0 Å². The van der Waals surface area contributed by atoms with Crippen molar-refractivity contribution in [2.45, 2.75) is 38.1 Å². The third-order valence-electron chi connectivity index (χ3n) is 2.40. The normalized spacial score (nSPS) is 18.1. The monoisotopic (exact) mass is 201 g/mol. The van der Waals surface area contributed by atoms with Gasteiger partial charge in [-0.1, -0.05) is 0 Å². The molecule has 1 amide bonds. The number of amides is 1. The van der Waals surface area contributed by atoms with Crippen molar-refractivity contribution in [3.63, 3.8) is 0 Å². The molecule has 0 aromatic heterocycles. The van der Waals surface area contributed by atoms with Crippen LogP contribution in [-0.4, -0.2) is 36.9 Å². The lowest BCUT2D eigenvalue weighted by Crippen LogP contribution is -2.38. The molecular formula is C10H19NO3. The molecular weight excluding hydrogens is 182 g/mol. The van der Waals surface area contributed by atoms with Crippen molar-refractivity contribution in [2.75, 3.05) is 19.8 Å². The van der Waals surface area contributed by atoms with Gasteiger partial charge in [0.1, 0.15) is 0 Å². The molecule has 1 heterocycles. The Balaban J connectivity index is 2.06. The van der Waals surface area contributed by atoms with Crippen LogP contribution in [0.2, 0.25) is 0 Å². The van der Waals surface area contributed by atoms with Crippen LogP contribution in [0.4, 0.5) is 0 Å². The summed E-state index contributed by atoms with van der Waals surface area (Å²) < 4.78 is 5.20. The van der Waals surface area contributed by atoms with E-state index in [-0.39, 0.29) is 12.5 Å². The lowest BCUT2D eigenvalue weighted by Gasteiger charge is -2.23. The average Bonchev–Trinajstić information content (AvgIpc) is 2.20. The van der Waals surface area contributed by atoms with Crippen LogP contribution in [-0.2, 0) is 9.53 Å². The van der Waals surface area contributed by atoms with Crippen LogP contribution >= 0.6 is 0 Å². The maximum atomic E-state index is 11.4. The van der Waals surface area contributed by atoms with Gasteiger partial charge in [-0.25, -0.2) is 0 Å². The van der Waals surface area contributed by atoms with Crippen LogP contribution in [0.3, 0.4) is 0 Å². The minimum Gasteiger partial charge on any atom is -0.396 e. The average molecular weight is 201 g/mol. The summed E-state index contributed by atoms with van der Waals surface area (Å²) in [5.74, 6) is 0.102. The number of carbonyl (C=O) groups is 1.